The molecular formula is C24H23N3O8. The third kappa shape index (κ3) is 6.60. The Hall–Kier alpha value is -4.80. The van der Waals surface area contributed by atoms with Crippen molar-refractivity contribution in [2.75, 3.05) is 27.9 Å². The highest BCUT2D eigenvalue weighted by Crippen LogP contribution is 2.38. The summed E-state index contributed by atoms with van der Waals surface area (Å²) in [5, 5.41) is 6.34. The molecule has 11 nitrogen and oxygen atoms in total. The van der Waals surface area contributed by atoms with E-state index in [2.05, 4.69) is 15.8 Å². The third-order valence-corrected chi connectivity index (χ3v) is 4.55. The molecule has 0 saturated carbocycles. The predicted octanol–water partition coefficient (Wildman–Crippen LogP) is 2.40. The maximum absolute atomic E-state index is 12.4. The number of methoxy groups -OCH3 is 3. The van der Waals surface area contributed by atoms with Crippen LogP contribution in [-0.2, 0) is 4.79 Å². The van der Waals surface area contributed by atoms with Crippen molar-refractivity contribution in [3.63, 3.8) is 0 Å². The van der Waals surface area contributed by atoms with Crippen LogP contribution >= 0.6 is 0 Å². The normalized spacial score (nSPS) is 10.5. The highest BCUT2D eigenvalue weighted by atomic mass is 16.5. The molecule has 35 heavy (non-hydrogen) atoms. The van der Waals surface area contributed by atoms with E-state index in [1.54, 1.807) is 30.3 Å². The number of benzene rings is 2. The molecule has 1 heterocycles. The average molecular weight is 481 g/mol. The van der Waals surface area contributed by atoms with Gasteiger partial charge >= 0.3 is 5.97 Å². The van der Waals surface area contributed by atoms with Crippen molar-refractivity contribution in [1.82, 2.24) is 10.7 Å². The summed E-state index contributed by atoms with van der Waals surface area (Å²) in [6.45, 7) is -0.311. The third-order valence-electron chi connectivity index (χ3n) is 4.55. The maximum atomic E-state index is 12.4. The van der Waals surface area contributed by atoms with Crippen molar-refractivity contribution in [2.24, 2.45) is 5.10 Å². The molecule has 0 saturated heterocycles. The molecule has 182 valence electrons. The van der Waals surface area contributed by atoms with Crippen molar-refractivity contribution < 1.29 is 37.7 Å². The van der Waals surface area contributed by atoms with Gasteiger partial charge in [-0.25, -0.2) is 10.2 Å². The Balaban J connectivity index is 1.49. The second-order valence-electron chi connectivity index (χ2n) is 6.83. The molecule has 0 aliphatic carbocycles. The molecule has 0 bridgehead atoms. The number of furan rings is 1. The predicted molar refractivity (Wildman–Crippen MR) is 124 cm³/mol. The van der Waals surface area contributed by atoms with Crippen molar-refractivity contribution in [2.45, 2.75) is 0 Å². The van der Waals surface area contributed by atoms with Gasteiger partial charge in [0.15, 0.2) is 11.5 Å². The molecule has 0 aliphatic rings. The van der Waals surface area contributed by atoms with Gasteiger partial charge in [0.25, 0.3) is 11.8 Å². The molecule has 0 radical (unpaired) electrons. The zero-order valence-electron chi connectivity index (χ0n) is 19.2. The number of amides is 2. The molecule has 2 N–H and O–H groups in total. The maximum Gasteiger partial charge on any atom is 0.379 e. The lowest BCUT2D eigenvalue weighted by Gasteiger charge is -2.14. The molecule has 3 rings (SSSR count). The van der Waals surface area contributed by atoms with Gasteiger partial charge < -0.3 is 28.7 Å². The molecule has 11 heteroatoms. The largest absolute Gasteiger partial charge is 0.493 e. The fourth-order valence-corrected chi connectivity index (χ4v) is 2.87. The van der Waals surface area contributed by atoms with Crippen LogP contribution in [0.15, 0.2) is 64.3 Å². The van der Waals surface area contributed by atoms with Gasteiger partial charge in [0.2, 0.25) is 11.5 Å². The molecule has 0 fully saturated rings. The summed E-state index contributed by atoms with van der Waals surface area (Å²) < 4.78 is 25.8. The first-order chi connectivity index (χ1) is 16.9. The van der Waals surface area contributed by atoms with E-state index in [1.807, 2.05) is 0 Å². The van der Waals surface area contributed by atoms with Crippen LogP contribution in [-0.4, -0.2) is 51.9 Å². The molecule has 0 unspecified atom stereocenters. The number of nitrogens with one attached hydrogen (secondary N) is 2. The minimum absolute atomic E-state index is 0.0932. The lowest BCUT2D eigenvalue weighted by atomic mass is 10.1. The van der Waals surface area contributed by atoms with Gasteiger partial charge in [0, 0.05) is 5.56 Å². The summed E-state index contributed by atoms with van der Waals surface area (Å²) in [5.41, 5.74) is 3.18. The number of carbonyl (C=O) groups excluding carboxylic acids is 3. The number of carbonyl (C=O) groups is 3. The Labute approximate surface area is 200 Å². The van der Waals surface area contributed by atoms with E-state index in [1.165, 1.54) is 52.0 Å². The van der Waals surface area contributed by atoms with E-state index >= 15 is 0 Å². The van der Waals surface area contributed by atoms with Crippen LogP contribution in [0, 0.1) is 0 Å². The Kier molecular flexibility index (Phi) is 8.43. The highest BCUT2D eigenvalue weighted by molar-refractivity contribution is 5.97. The quantitative estimate of drug-likeness (QED) is 0.195. The van der Waals surface area contributed by atoms with Crippen LogP contribution in [0.3, 0.4) is 0 Å². The molecule has 2 aromatic carbocycles. The molecule has 0 aliphatic heterocycles. The summed E-state index contributed by atoms with van der Waals surface area (Å²) >= 11 is 0. The Bertz CT molecular complexity index is 1180. The van der Waals surface area contributed by atoms with Gasteiger partial charge in [0.05, 0.1) is 40.4 Å². The zero-order valence-corrected chi connectivity index (χ0v) is 19.2. The van der Waals surface area contributed by atoms with E-state index in [0.29, 0.717) is 28.6 Å². The van der Waals surface area contributed by atoms with E-state index < -0.39 is 17.8 Å². The Morgan fingerprint density at radius 1 is 0.971 bits per heavy atom. The number of esters is 1. The van der Waals surface area contributed by atoms with Crippen LogP contribution < -0.4 is 29.7 Å². The SMILES string of the molecule is COc1cc(C(=O)NCC(=O)N/N=C\c2ccc(OC(=O)c3ccco3)cc2)cc(OC)c1OC. The highest BCUT2D eigenvalue weighted by Gasteiger charge is 2.17. The van der Waals surface area contributed by atoms with E-state index in [4.69, 9.17) is 23.4 Å². The number of hydrogen-bond donors (Lipinski definition) is 2. The number of rotatable bonds is 10. The zero-order chi connectivity index (χ0) is 25.2. The average Bonchev–Trinajstić information content (AvgIpc) is 3.42. The monoisotopic (exact) mass is 481 g/mol. The first kappa shape index (κ1) is 24.8. The van der Waals surface area contributed by atoms with Gasteiger partial charge in [0.1, 0.15) is 5.75 Å². The van der Waals surface area contributed by atoms with Crippen molar-refractivity contribution in [1.29, 1.82) is 0 Å². The van der Waals surface area contributed by atoms with Gasteiger partial charge in [-0.2, -0.15) is 5.10 Å². The topological polar surface area (TPSA) is 138 Å². The summed E-state index contributed by atoms with van der Waals surface area (Å²) in [4.78, 5) is 36.3. The van der Waals surface area contributed by atoms with E-state index in [-0.39, 0.29) is 17.9 Å². The first-order valence-electron chi connectivity index (χ1n) is 10.2. The lowest BCUT2D eigenvalue weighted by molar-refractivity contribution is -0.120. The smallest absolute Gasteiger partial charge is 0.379 e. The second kappa shape index (κ2) is 11.9. The number of hydrogen-bond acceptors (Lipinski definition) is 9. The van der Waals surface area contributed by atoms with Gasteiger partial charge in [-0.3, -0.25) is 9.59 Å². The van der Waals surface area contributed by atoms with Crippen LogP contribution in [0.5, 0.6) is 23.0 Å². The standard InChI is InChI=1S/C24H23N3O8/c1-31-19-11-16(12-20(32-2)22(19)33-3)23(29)25-14-21(28)27-26-13-15-6-8-17(9-7-15)35-24(30)18-5-4-10-34-18/h4-13H,14H2,1-3H3,(H,25,29)(H,27,28)/b26-13-. The molecule has 0 spiro atoms. The molecule has 2 amide bonds. The molecular weight excluding hydrogens is 458 g/mol. The molecule has 0 atom stereocenters. The van der Waals surface area contributed by atoms with Crippen molar-refractivity contribution >= 4 is 24.0 Å². The number of ether oxygens (including phenoxy) is 4. The van der Waals surface area contributed by atoms with E-state index in [9.17, 15) is 14.4 Å². The first-order valence-corrected chi connectivity index (χ1v) is 10.2. The second-order valence-corrected chi connectivity index (χ2v) is 6.83. The van der Waals surface area contributed by atoms with E-state index in [0.717, 1.165) is 0 Å². The summed E-state index contributed by atoms with van der Waals surface area (Å²) in [6.07, 6.45) is 2.78. The summed E-state index contributed by atoms with van der Waals surface area (Å²) in [7, 11) is 4.33. The molecule has 1 aromatic heterocycles. The van der Waals surface area contributed by atoms with Crippen LogP contribution in [0.25, 0.3) is 0 Å². The minimum Gasteiger partial charge on any atom is -0.493 e. The van der Waals surface area contributed by atoms with Crippen LogP contribution in [0.4, 0.5) is 0 Å². The fourth-order valence-electron chi connectivity index (χ4n) is 2.87. The minimum atomic E-state index is -0.614. The summed E-state index contributed by atoms with van der Waals surface area (Å²) in [5.74, 6) is -0.271. The summed E-state index contributed by atoms with van der Waals surface area (Å²) in [6, 6.07) is 12.5. The number of nitrogens with zero attached hydrogens (tertiary/aromatic N) is 1. The fraction of sp³-hybridized carbons (Fsp3) is 0.167. The van der Waals surface area contributed by atoms with Gasteiger partial charge in [-0.15, -0.1) is 0 Å². The van der Waals surface area contributed by atoms with Gasteiger partial charge in [-0.1, -0.05) is 0 Å². The number of hydrazone groups is 1. The Morgan fingerprint density at radius 3 is 2.23 bits per heavy atom. The Morgan fingerprint density at radius 2 is 1.66 bits per heavy atom. The lowest BCUT2D eigenvalue weighted by Crippen LogP contribution is -2.34. The van der Waals surface area contributed by atoms with Crippen LogP contribution in [0.1, 0.15) is 26.5 Å². The van der Waals surface area contributed by atoms with Gasteiger partial charge in [-0.05, 0) is 54.1 Å². The molecule has 3 aromatic rings. The van der Waals surface area contributed by atoms with Crippen molar-refractivity contribution in [3.05, 3.63) is 71.7 Å². The van der Waals surface area contributed by atoms with Crippen molar-refractivity contribution in [3.8, 4) is 23.0 Å². The van der Waals surface area contributed by atoms with Crippen LogP contribution in [0.2, 0.25) is 0 Å².